The largest absolute Gasteiger partial charge is 0.465 e. The monoisotopic (exact) mass is 361 g/mol. The molecule has 2 heterocycles. The zero-order valence-corrected chi connectivity index (χ0v) is 15.1. The lowest BCUT2D eigenvalue weighted by molar-refractivity contribution is -0.116. The number of aryl methyl sites for hydroxylation is 1. The van der Waals surface area contributed by atoms with Crippen LogP contribution in [0.4, 0.5) is 5.00 Å². The van der Waals surface area contributed by atoms with Gasteiger partial charge in [-0.3, -0.25) is 9.69 Å². The highest BCUT2D eigenvalue weighted by molar-refractivity contribution is 7.14. The molecule has 8 heteroatoms. The van der Waals surface area contributed by atoms with E-state index < -0.39 is 5.97 Å². The molecule has 0 unspecified atom stereocenters. The van der Waals surface area contributed by atoms with E-state index in [4.69, 9.17) is 14.4 Å². The van der Waals surface area contributed by atoms with Crippen LogP contribution in [-0.2, 0) is 16.1 Å². The van der Waals surface area contributed by atoms with E-state index in [0.717, 1.165) is 0 Å². The third kappa shape index (κ3) is 4.92. The summed E-state index contributed by atoms with van der Waals surface area (Å²) < 4.78 is 10.2. The minimum atomic E-state index is -0.432. The van der Waals surface area contributed by atoms with Crippen LogP contribution in [0.15, 0.2) is 21.9 Å². The third-order valence-corrected chi connectivity index (χ3v) is 4.39. The van der Waals surface area contributed by atoms with Gasteiger partial charge in [0.15, 0.2) is 0 Å². The van der Waals surface area contributed by atoms with Crippen molar-refractivity contribution in [3.63, 3.8) is 0 Å². The Morgan fingerprint density at radius 1 is 1.48 bits per heavy atom. The molecule has 0 atom stereocenters. The number of furan rings is 1. The second kappa shape index (κ2) is 8.46. The summed E-state index contributed by atoms with van der Waals surface area (Å²) in [7, 11) is 3.18. The van der Waals surface area contributed by atoms with Crippen LogP contribution in [-0.4, -0.2) is 37.5 Å². The third-order valence-electron chi connectivity index (χ3n) is 3.56. The topological polar surface area (TPSA) is 95.6 Å². The van der Waals surface area contributed by atoms with Gasteiger partial charge in [-0.15, -0.1) is 11.3 Å². The van der Waals surface area contributed by atoms with E-state index in [0.29, 0.717) is 40.7 Å². The quantitative estimate of drug-likeness (QED) is 0.762. The zero-order chi connectivity index (χ0) is 18.4. The number of carbonyl (C=O) groups excluding carboxylic acids is 2. The van der Waals surface area contributed by atoms with E-state index in [-0.39, 0.29) is 12.3 Å². The smallest absolute Gasteiger partial charge is 0.341 e. The Morgan fingerprint density at radius 2 is 2.24 bits per heavy atom. The molecule has 0 spiro atoms. The molecule has 2 rings (SSSR count). The van der Waals surface area contributed by atoms with Crippen molar-refractivity contribution in [2.75, 3.05) is 26.0 Å². The summed E-state index contributed by atoms with van der Waals surface area (Å²) in [5.41, 5.74) is 0.874. The van der Waals surface area contributed by atoms with E-state index >= 15 is 0 Å². The molecule has 1 N–H and O–H groups in total. The molecule has 0 aromatic carbocycles. The number of rotatable bonds is 7. The van der Waals surface area contributed by atoms with Crippen LogP contribution in [0.5, 0.6) is 0 Å². The number of hydrogen-bond acceptors (Lipinski definition) is 7. The van der Waals surface area contributed by atoms with E-state index in [1.54, 1.807) is 24.4 Å². The lowest BCUT2D eigenvalue weighted by Crippen LogP contribution is -2.23. The first-order chi connectivity index (χ1) is 11.9. The molecule has 0 saturated heterocycles. The Kier molecular flexibility index (Phi) is 6.33. The Morgan fingerprint density at radius 3 is 2.92 bits per heavy atom. The minimum Gasteiger partial charge on any atom is -0.465 e. The first kappa shape index (κ1) is 18.7. The number of amides is 1. The Labute approximate surface area is 149 Å². The zero-order valence-electron chi connectivity index (χ0n) is 14.3. The average molecular weight is 361 g/mol. The van der Waals surface area contributed by atoms with Crippen molar-refractivity contribution in [2.45, 2.75) is 19.9 Å². The molecule has 2 aromatic rings. The Bertz CT molecular complexity index is 803. The maximum absolute atomic E-state index is 12.0. The molecule has 132 valence electrons. The number of nitriles is 1. The van der Waals surface area contributed by atoms with Gasteiger partial charge in [0.05, 0.1) is 19.2 Å². The van der Waals surface area contributed by atoms with Crippen molar-refractivity contribution < 1.29 is 18.7 Å². The predicted molar refractivity (Wildman–Crippen MR) is 93.4 cm³/mol. The van der Waals surface area contributed by atoms with Crippen molar-refractivity contribution in [2.24, 2.45) is 0 Å². The van der Waals surface area contributed by atoms with Gasteiger partial charge in [0, 0.05) is 13.0 Å². The molecule has 2 aromatic heterocycles. The van der Waals surface area contributed by atoms with Crippen LogP contribution in [0.2, 0.25) is 0 Å². The van der Waals surface area contributed by atoms with Crippen molar-refractivity contribution in [1.82, 2.24) is 4.90 Å². The number of nitrogens with one attached hydrogen (secondary N) is 1. The number of esters is 1. The summed E-state index contributed by atoms with van der Waals surface area (Å²) in [6.07, 6.45) is 0.281. The summed E-state index contributed by atoms with van der Waals surface area (Å²) in [5, 5.41) is 14.0. The summed E-state index contributed by atoms with van der Waals surface area (Å²) in [4.78, 5) is 25.5. The van der Waals surface area contributed by atoms with E-state index in [1.165, 1.54) is 18.4 Å². The van der Waals surface area contributed by atoms with Crippen LogP contribution in [0.1, 0.15) is 33.9 Å². The summed E-state index contributed by atoms with van der Waals surface area (Å²) in [6.45, 7) is 2.68. The number of carbonyl (C=O) groups is 2. The highest BCUT2D eigenvalue weighted by Gasteiger charge is 2.16. The maximum Gasteiger partial charge on any atom is 0.341 e. The number of nitrogens with zero attached hydrogens (tertiary/aromatic N) is 2. The second-order valence-corrected chi connectivity index (χ2v) is 6.40. The van der Waals surface area contributed by atoms with Crippen LogP contribution >= 0.6 is 11.3 Å². The normalized spacial score (nSPS) is 10.5. The second-order valence-electron chi connectivity index (χ2n) is 5.49. The van der Waals surface area contributed by atoms with Gasteiger partial charge in [-0.1, -0.05) is 0 Å². The van der Waals surface area contributed by atoms with Crippen molar-refractivity contribution in [1.29, 1.82) is 5.26 Å². The minimum absolute atomic E-state index is 0.156. The molecule has 0 aliphatic carbocycles. The maximum atomic E-state index is 12.0. The van der Waals surface area contributed by atoms with E-state index in [9.17, 15) is 9.59 Å². The van der Waals surface area contributed by atoms with Crippen molar-refractivity contribution in [3.8, 4) is 6.07 Å². The molecule has 0 radical (unpaired) electrons. The number of hydrogen-bond donors (Lipinski definition) is 1. The summed E-state index contributed by atoms with van der Waals surface area (Å²) in [6, 6.07) is 5.36. The van der Waals surface area contributed by atoms with Crippen LogP contribution < -0.4 is 5.32 Å². The Balaban J connectivity index is 1.84. The number of methoxy groups -OCH3 is 1. The highest BCUT2D eigenvalue weighted by Crippen LogP contribution is 2.22. The lowest BCUT2D eigenvalue weighted by atomic mass is 10.2. The van der Waals surface area contributed by atoms with Crippen LogP contribution in [0.3, 0.4) is 0 Å². The fourth-order valence-corrected chi connectivity index (χ4v) is 3.01. The first-order valence-electron chi connectivity index (χ1n) is 7.58. The van der Waals surface area contributed by atoms with Gasteiger partial charge >= 0.3 is 5.97 Å². The molecule has 0 bridgehead atoms. The van der Waals surface area contributed by atoms with Crippen molar-refractivity contribution in [3.05, 3.63) is 40.2 Å². The SMILES string of the molecule is COC(=O)c1cc(CN(C)CCC(=O)Nc2sccc2C#N)oc1C. The molecule has 1 amide bonds. The standard InChI is InChI=1S/C17H19N3O4S/c1-11-14(17(22)23-3)8-13(24-11)10-20(2)6-4-15(21)19-16-12(9-18)5-7-25-16/h5,7-8H,4,6,10H2,1-3H3,(H,19,21). The summed E-state index contributed by atoms with van der Waals surface area (Å²) >= 11 is 1.32. The van der Waals surface area contributed by atoms with Crippen LogP contribution in [0.25, 0.3) is 0 Å². The van der Waals surface area contributed by atoms with Gasteiger partial charge < -0.3 is 14.5 Å². The fourth-order valence-electron chi connectivity index (χ4n) is 2.25. The molecule has 0 fully saturated rings. The van der Waals surface area contributed by atoms with Gasteiger partial charge in [0.2, 0.25) is 5.91 Å². The van der Waals surface area contributed by atoms with Crippen LogP contribution in [0, 0.1) is 18.3 Å². The molecular formula is C17H19N3O4S. The Hall–Kier alpha value is -2.63. The first-order valence-corrected chi connectivity index (χ1v) is 8.46. The molecule has 0 saturated carbocycles. The molecular weight excluding hydrogens is 342 g/mol. The van der Waals surface area contributed by atoms with E-state index in [2.05, 4.69) is 5.32 Å². The number of thiophene rings is 1. The lowest BCUT2D eigenvalue weighted by Gasteiger charge is -2.14. The van der Waals surface area contributed by atoms with Gasteiger partial charge in [-0.2, -0.15) is 5.26 Å². The number of anilines is 1. The molecule has 7 nitrogen and oxygen atoms in total. The predicted octanol–water partition coefficient (Wildman–Crippen LogP) is 2.77. The van der Waals surface area contributed by atoms with Gasteiger partial charge in [0.25, 0.3) is 0 Å². The van der Waals surface area contributed by atoms with Gasteiger partial charge in [-0.25, -0.2) is 4.79 Å². The number of ether oxygens (including phenoxy) is 1. The molecule has 25 heavy (non-hydrogen) atoms. The fraction of sp³-hybridized carbons (Fsp3) is 0.353. The van der Waals surface area contributed by atoms with Crippen molar-refractivity contribution >= 4 is 28.2 Å². The van der Waals surface area contributed by atoms with Gasteiger partial charge in [0.1, 0.15) is 28.2 Å². The van der Waals surface area contributed by atoms with Gasteiger partial charge in [-0.05, 0) is 31.5 Å². The average Bonchev–Trinajstić information content (AvgIpc) is 3.18. The summed E-state index contributed by atoms with van der Waals surface area (Å²) in [5.74, 6) is 0.552. The molecule has 0 aliphatic rings. The van der Waals surface area contributed by atoms with E-state index in [1.807, 2.05) is 18.0 Å². The molecule has 0 aliphatic heterocycles. The highest BCUT2D eigenvalue weighted by atomic mass is 32.1.